The second-order valence-corrected chi connectivity index (χ2v) is 6.66. The summed E-state index contributed by atoms with van der Waals surface area (Å²) in [7, 11) is 1.56. The third kappa shape index (κ3) is 4.78. The Hall–Kier alpha value is -3.81. The average Bonchev–Trinajstić information content (AvgIpc) is 3.20. The van der Waals surface area contributed by atoms with Crippen LogP contribution in [0.3, 0.4) is 0 Å². The molecule has 0 fully saturated rings. The molecule has 1 heterocycles. The molecule has 2 amide bonds. The summed E-state index contributed by atoms with van der Waals surface area (Å²) < 4.78 is 6.97. The van der Waals surface area contributed by atoms with E-state index in [4.69, 9.17) is 4.74 Å². The smallest absolute Gasteiger partial charge is 0.273 e. The maximum absolute atomic E-state index is 12.6. The Balaban J connectivity index is 1.61. The highest BCUT2D eigenvalue weighted by Crippen LogP contribution is 2.22. The van der Waals surface area contributed by atoms with Crippen molar-refractivity contribution < 1.29 is 14.3 Å². The highest BCUT2D eigenvalue weighted by Gasteiger charge is 2.17. The van der Waals surface area contributed by atoms with E-state index in [0.717, 1.165) is 16.9 Å². The van der Waals surface area contributed by atoms with E-state index in [-0.39, 0.29) is 6.54 Å². The van der Waals surface area contributed by atoms with Gasteiger partial charge in [-0.25, -0.2) is 4.68 Å². The van der Waals surface area contributed by atoms with E-state index in [1.165, 1.54) is 6.20 Å². The van der Waals surface area contributed by atoms with Crippen molar-refractivity contribution in [3.8, 4) is 11.4 Å². The second kappa shape index (κ2) is 9.60. The lowest BCUT2D eigenvalue weighted by atomic mass is 10.2. The Morgan fingerprint density at radius 3 is 2.50 bits per heavy atom. The van der Waals surface area contributed by atoms with Crippen LogP contribution in [0.2, 0.25) is 0 Å². The van der Waals surface area contributed by atoms with Gasteiger partial charge in [-0.15, -0.1) is 0 Å². The van der Waals surface area contributed by atoms with Gasteiger partial charge in [0.15, 0.2) is 0 Å². The van der Waals surface area contributed by atoms with Crippen molar-refractivity contribution in [2.45, 2.75) is 20.3 Å². The van der Waals surface area contributed by atoms with Crippen LogP contribution in [0.5, 0.6) is 5.75 Å². The summed E-state index contributed by atoms with van der Waals surface area (Å²) in [5.74, 6) is -0.181. The first-order valence-electron chi connectivity index (χ1n) is 9.63. The lowest BCUT2D eigenvalue weighted by Gasteiger charge is -2.12. The predicted molar refractivity (Wildman–Crippen MR) is 115 cm³/mol. The quantitative estimate of drug-likeness (QED) is 0.523. The molecule has 2 aromatic carbocycles. The molecule has 8 nitrogen and oxygen atoms in total. The Morgan fingerprint density at radius 1 is 1.07 bits per heavy atom. The minimum atomic E-state index is -0.421. The van der Waals surface area contributed by atoms with E-state index < -0.39 is 11.8 Å². The summed E-state index contributed by atoms with van der Waals surface area (Å²) in [6.07, 6.45) is 2.12. The van der Waals surface area contributed by atoms with Gasteiger partial charge in [0.25, 0.3) is 11.8 Å². The summed E-state index contributed by atoms with van der Waals surface area (Å²) in [5, 5.41) is 7.32. The number of aryl methyl sites for hydroxylation is 1. The van der Waals surface area contributed by atoms with Crippen molar-refractivity contribution in [1.29, 1.82) is 0 Å². The molecular formula is C22H25N5O3. The first-order valence-corrected chi connectivity index (χ1v) is 9.63. The van der Waals surface area contributed by atoms with E-state index in [1.807, 2.05) is 50.2 Å². The maximum Gasteiger partial charge on any atom is 0.273 e. The van der Waals surface area contributed by atoms with Gasteiger partial charge in [-0.05, 0) is 37.6 Å². The van der Waals surface area contributed by atoms with Gasteiger partial charge in [0, 0.05) is 0 Å². The van der Waals surface area contributed by atoms with Crippen LogP contribution < -0.4 is 20.9 Å². The van der Waals surface area contributed by atoms with Crippen molar-refractivity contribution in [3.05, 3.63) is 71.5 Å². The van der Waals surface area contributed by atoms with Crippen molar-refractivity contribution in [3.63, 3.8) is 0 Å². The van der Waals surface area contributed by atoms with E-state index in [1.54, 1.807) is 23.9 Å². The Morgan fingerprint density at radius 2 is 1.80 bits per heavy atom. The van der Waals surface area contributed by atoms with Gasteiger partial charge < -0.3 is 10.1 Å². The molecule has 3 N–H and O–H groups in total. The summed E-state index contributed by atoms with van der Waals surface area (Å²) in [5.41, 5.74) is 8.75. The Labute approximate surface area is 175 Å². The molecule has 0 aliphatic rings. The van der Waals surface area contributed by atoms with E-state index in [0.29, 0.717) is 23.4 Å². The molecule has 3 rings (SSSR count). The first kappa shape index (κ1) is 20.9. The van der Waals surface area contributed by atoms with Gasteiger partial charge in [-0.1, -0.05) is 36.8 Å². The molecule has 0 aliphatic heterocycles. The van der Waals surface area contributed by atoms with Crippen LogP contribution in [0.1, 0.15) is 28.5 Å². The van der Waals surface area contributed by atoms with Gasteiger partial charge in [0.2, 0.25) is 0 Å². The van der Waals surface area contributed by atoms with E-state index in [9.17, 15) is 9.59 Å². The number of ether oxygens (including phenoxy) is 1. The van der Waals surface area contributed by atoms with E-state index in [2.05, 4.69) is 21.3 Å². The Bertz CT molecular complexity index is 1030. The first-order chi connectivity index (χ1) is 14.5. The normalized spacial score (nSPS) is 10.4. The number of rotatable bonds is 7. The summed E-state index contributed by atoms with van der Waals surface area (Å²) >= 11 is 0. The van der Waals surface area contributed by atoms with Crippen LogP contribution >= 0.6 is 0 Å². The minimum absolute atomic E-state index is 0.0239. The highest BCUT2D eigenvalue weighted by atomic mass is 16.5. The third-order valence-corrected chi connectivity index (χ3v) is 4.59. The molecule has 0 bridgehead atoms. The summed E-state index contributed by atoms with van der Waals surface area (Å²) in [4.78, 5) is 24.7. The third-order valence-electron chi connectivity index (χ3n) is 4.59. The fraction of sp³-hybridized carbons (Fsp3) is 0.227. The van der Waals surface area contributed by atoms with Gasteiger partial charge in [0.05, 0.1) is 42.5 Å². The Kier molecular flexibility index (Phi) is 6.69. The van der Waals surface area contributed by atoms with Crippen molar-refractivity contribution in [2.24, 2.45) is 0 Å². The van der Waals surface area contributed by atoms with Crippen molar-refractivity contribution in [1.82, 2.24) is 20.6 Å². The van der Waals surface area contributed by atoms with Crippen LogP contribution in [0.25, 0.3) is 5.69 Å². The highest BCUT2D eigenvalue weighted by molar-refractivity contribution is 5.96. The SMILES string of the molecule is CCc1c(C(=O)NNC(=O)CNc2ccccc2OC)cnn1-c1ccc(C)cc1. The van der Waals surface area contributed by atoms with Crippen LogP contribution in [-0.2, 0) is 11.2 Å². The fourth-order valence-electron chi connectivity index (χ4n) is 3.02. The molecule has 0 radical (unpaired) electrons. The number of amides is 2. The van der Waals surface area contributed by atoms with Gasteiger partial charge in [-0.3, -0.25) is 20.4 Å². The zero-order valence-electron chi connectivity index (χ0n) is 17.2. The zero-order valence-corrected chi connectivity index (χ0v) is 17.2. The van der Waals surface area contributed by atoms with Crippen LogP contribution in [-0.4, -0.2) is 35.2 Å². The number of hydrazine groups is 1. The molecule has 0 unspecified atom stereocenters. The molecule has 0 spiro atoms. The van der Waals surface area contributed by atoms with Gasteiger partial charge in [0.1, 0.15) is 5.75 Å². The minimum Gasteiger partial charge on any atom is -0.495 e. The number of carbonyl (C=O) groups excluding carboxylic acids is 2. The molecule has 0 saturated carbocycles. The zero-order chi connectivity index (χ0) is 21.5. The topological polar surface area (TPSA) is 97.3 Å². The van der Waals surface area contributed by atoms with Crippen molar-refractivity contribution in [2.75, 3.05) is 19.0 Å². The number of benzene rings is 2. The summed E-state index contributed by atoms with van der Waals surface area (Å²) in [6, 6.07) is 15.2. The fourth-order valence-corrected chi connectivity index (χ4v) is 3.02. The van der Waals surface area contributed by atoms with Crippen molar-refractivity contribution >= 4 is 17.5 Å². The number of methoxy groups -OCH3 is 1. The molecule has 1 aromatic heterocycles. The standard InChI is InChI=1S/C22H25N5O3/c1-4-19-17(13-24-27(19)16-11-9-15(2)10-12-16)22(29)26-25-21(28)14-23-18-7-5-6-8-20(18)30-3/h5-13,23H,4,14H2,1-3H3,(H,25,28)(H,26,29). The second-order valence-electron chi connectivity index (χ2n) is 6.66. The number of carbonyl (C=O) groups is 2. The van der Waals surface area contributed by atoms with Crippen LogP contribution in [0, 0.1) is 6.92 Å². The molecular weight excluding hydrogens is 382 g/mol. The molecule has 0 atom stereocenters. The molecule has 156 valence electrons. The number of para-hydroxylation sites is 2. The molecule has 3 aromatic rings. The molecule has 30 heavy (non-hydrogen) atoms. The van der Waals surface area contributed by atoms with Crippen LogP contribution in [0.4, 0.5) is 5.69 Å². The molecule has 0 aliphatic carbocycles. The average molecular weight is 407 g/mol. The largest absolute Gasteiger partial charge is 0.495 e. The monoisotopic (exact) mass is 407 g/mol. The van der Waals surface area contributed by atoms with Gasteiger partial charge in [-0.2, -0.15) is 5.10 Å². The predicted octanol–water partition coefficient (Wildman–Crippen LogP) is 2.62. The van der Waals surface area contributed by atoms with Gasteiger partial charge >= 0.3 is 0 Å². The molecule has 8 heteroatoms. The maximum atomic E-state index is 12.6. The van der Waals surface area contributed by atoms with Crippen LogP contribution in [0.15, 0.2) is 54.7 Å². The number of aromatic nitrogens is 2. The number of hydrogen-bond donors (Lipinski definition) is 3. The number of nitrogens with zero attached hydrogens (tertiary/aromatic N) is 2. The number of anilines is 1. The lowest BCUT2D eigenvalue weighted by Crippen LogP contribution is -2.44. The molecule has 0 saturated heterocycles. The number of nitrogens with one attached hydrogen (secondary N) is 3. The van der Waals surface area contributed by atoms with E-state index >= 15 is 0 Å². The summed E-state index contributed by atoms with van der Waals surface area (Å²) in [6.45, 7) is 3.94. The number of hydrogen-bond acceptors (Lipinski definition) is 5. The lowest BCUT2D eigenvalue weighted by molar-refractivity contribution is -0.120.